The number of halogens is 5. The van der Waals surface area contributed by atoms with Gasteiger partial charge in [0.15, 0.2) is 0 Å². The summed E-state index contributed by atoms with van der Waals surface area (Å²) in [5, 5.41) is 0. The van der Waals surface area contributed by atoms with Crippen LogP contribution in [-0.2, 0) is 11.0 Å². The van der Waals surface area contributed by atoms with Gasteiger partial charge in [-0.25, -0.2) is 8.78 Å². The highest BCUT2D eigenvalue weighted by molar-refractivity contribution is 5.75. The molecule has 0 aromatic heterocycles. The molecule has 7 heteroatoms. The predicted octanol–water partition coefficient (Wildman–Crippen LogP) is 9.11. The van der Waals surface area contributed by atoms with Crippen LogP contribution in [0, 0.1) is 47.1 Å². The van der Waals surface area contributed by atoms with Crippen LogP contribution >= 0.6 is 0 Å². The van der Waals surface area contributed by atoms with Crippen molar-refractivity contribution in [3.63, 3.8) is 0 Å². The average molecular weight is 515 g/mol. The van der Waals surface area contributed by atoms with Gasteiger partial charge in [0.2, 0.25) is 0 Å². The normalized spacial score (nSPS) is 31.1. The number of ether oxygens (including phenoxy) is 1. The molecule has 3 fully saturated rings. The smallest absolute Gasteiger partial charge is 0.422 e. The standard InChI is InChI=1S/C29H39F5O2/c1-2-3-4-5-18-6-7-23-15-22(13-12-21(23)14-18)19-8-10-20(11-9-19)28(35)36-24-16-25(30)27(26(31)17-24)29(32,33)34/h16-23H,2-15H2,1H3. The van der Waals surface area contributed by atoms with E-state index < -0.39 is 35.1 Å². The molecule has 4 unspecified atom stereocenters. The molecule has 3 aliphatic rings. The number of alkyl halides is 3. The van der Waals surface area contributed by atoms with E-state index >= 15 is 0 Å². The Morgan fingerprint density at radius 1 is 0.833 bits per heavy atom. The molecule has 0 N–H and O–H groups in total. The molecule has 4 atom stereocenters. The van der Waals surface area contributed by atoms with Crippen LogP contribution in [0.4, 0.5) is 22.0 Å². The predicted molar refractivity (Wildman–Crippen MR) is 128 cm³/mol. The molecule has 0 radical (unpaired) electrons. The largest absolute Gasteiger partial charge is 0.426 e. The van der Waals surface area contributed by atoms with Crippen LogP contribution < -0.4 is 4.74 Å². The Kier molecular flexibility index (Phi) is 8.98. The Labute approximate surface area is 211 Å². The van der Waals surface area contributed by atoms with Gasteiger partial charge in [-0.3, -0.25) is 4.79 Å². The van der Waals surface area contributed by atoms with Crippen molar-refractivity contribution >= 4 is 5.97 Å². The van der Waals surface area contributed by atoms with E-state index in [0.29, 0.717) is 36.8 Å². The van der Waals surface area contributed by atoms with Crippen molar-refractivity contribution < 1.29 is 31.5 Å². The van der Waals surface area contributed by atoms with E-state index in [9.17, 15) is 26.7 Å². The van der Waals surface area contributed by atoms with Crippen molar-refractivity contribution in [3.8, 4) is 5.75 Å². The first kappa shape index (κ1) is 27.4. The Morgan fingerprint density at radius 3 is 2.00 bits per heavy atom. The fraction of sp³-hybridized carbons (Fsp3) is 0.759. The molecule has 36 heavy (non-hydrogen) atoms. The van der Waals surface area contributed by atoms with E-state index in [2.05, 4.69) is 6.92 Å². The maximum Gasteiger partial charge on any atom is 0.422 e. The van der Waals surface area contributed by atoms with E-state index in [1.165, 1.54) is 64.2 Å². The summed E-state index contributed by atoms with van der Waals surface area (Å²) >= 11 is 0. The van der Waals surface area contributed by atoms with Crippen LogP contribution in [0.3, 0.4) is 0 Å². The zero-order valence-electron chi connectivity index (χ0n) is 21.2. The topological polar surface area (TPSA) is 26.3 Å². The van der Waals surface area contributed by atoms with Crippen molar-refractivity contribution in [3.05, 3.63) is 29.3 Å². The molecule has 1 aromatic rings. The van der Waals surface area contributed by atoms with Crippen molar-refractivity contribution in [2.45, 2.75) is 103 Å². The second-order valence-corrected chi connectivity index (χ2v) is 11.6. The monoisotopic (exact) mass is 514 g/mol. The molecule has 0 heterocycles. The lowest BCUT2D eigenvalue weighted by Gasteiger charge is -2.45. The number of fused-ring (bicyclic) bond motifs is 1. The van der Waals surface area contributed by atoms with Crippen molar-refractivity contribution in [2.24, 2.45) is 35.5 Å². The quantitative estimate of drug-likeness (QED) is 0.157. The van der Waals surface area contributed by atoms with Gasteiger partial charge in [0.05, 0.1) is 5.92 Å². The fourth-order valence-electron chi connectivity index (χ4n) is 7.30. The van der Waals surface area contributed by atoms with Gasteiger partial charge in [-0.15, -0.1) is 0 Å². The maximum absolute atomic E-state index is 13.8. The number of carbonyl (C=O) groups excluding carboxylic acids is 1. The lowest BCUT2D eigenvalue weighted by molar-refractivity contribution is -0.142. The van der Waals surface area contributed by atoms with E-state index in [4.69, 9.17) is 4.74 Å². The first-order chi connectivity index (χ1) is 17.2. The molecule has 3 aliphatic carbocycles. The van der Waals surface area contributed by atoms with Gasteiger partial charge in [-0.1, -0.05) is 39.0 Å². The molecule has 0 saturated heterocycles. The van der Waals surface area contributed by atoms with Crippen LogP contribution in [-0.4, -0.2) is 5.97 Å². The molecular weight excluding hydrogens is 475 g/mol. The van der Waals surface area contributed by atoms with Gasteiger partial charge >= 0.3 is 12.1 Å². The number of carbonyl (C=O) groups is 1. The van der Waals surface area contributed by atoms with Crippen LogP contribution in [0.2, 0.25) is 0 Å². The first-order valence-corrected chi connectivity index (χ1v) is 13.9. The summed E-state index contributed by atoms with van der Waals surface area (Å²) in [6, 6.07) is 0.874. The number of esters is 1. The van der Waals surface area contributed by atoms with E-state index in [1.54, 1.807) is 0 Å². The third-order valence-corrected chi connectivity index (χ3v) is 9.27. The number of unbranched alkanes of at least 4 members (excludes halogenated alkanes) is 2. The minimum Gasteiger partial charge on any atom is -0.426 e. The minimum absolute atomic E-state index is 0.385. The molecule has 0 amide bonds. The summed E-state index contributed by atoms with van der Waals surface area (Å²) in [4.78, 5) is 12.6. The average Bonchev–Trinajstić information content (AvgIpc) is 2.82. The van der Waals surface area contributed by atoms with E-state index in [1.807, 2.05) is 0 Å². The highest BCUT2D eigenvalue weighted by Crippen LogP contribution is 2.49. The summed E-state index contributed by atoms with van der Waals surface area (Å²) < 4.78 is 71.0. The highest BCUT2D eigenvalue weighted by Gasteiger charge is 2.40. The molecule has 0 spiro atoms. The Morgan fingerprint density at radius 2 is 1.39 bits per heavy atom. The second-order valence-electron chi connectivity index (χ2n) is 11.6. The second kappa shape index (κ2) is 11.8. The lowest BCUT2D eigenvalue weighted by Crippen LogP contribution is -2.35. The third kappa shape index (κ3) is 6.61. The molecule has 2 nitrogen and oxygen atoms in total. The zero-order chi connectivity index (χ0) is 25.9. The van der Waals surface area contributed by atoms with Crippen molar-refractivity contribution in [2.75, 3.05) is 0 Å². The zero-order valence-corrected chi connectivity index (χ0v) is 21.2. The number of benzene rings is 1. The molecule has 202 valence electrons. The number of hydrogen-bond acceptors (Lipinski definition) is 2. The van der Waals surface area contributed by atoms with Gasteiger partial charge < -0.3 is 4.74 Å². The van der Waals surface area contributed by atoms with Crippen LogP contribution in [0.5, 0.6) is 5.75 Å². The number of rotatable bonds is 7. The maximum atomic E-state index is 13.8. The summed E-state index contributed by atoms with van der Waals surface area (Å²) in [6.07, 6.45) is 11.5. The van der Waals surface area contributed by atoms with Gasteiger partial charge in [0.25, 0.3) is 0 Å². The Hall–Kier alpha value is -1.66. The fourth-order valence-corrected chi connectivity index (χ4v) is 7.30. The van der Waals surface area contributed by atoms with Gasteiger partial charge in [0.1, 0.15) is 22.9 Å². The molecule has 1 aromatic carbocycles. The van der Waals surface area contributed by atoms with Gasteiger partial charge in [-0.05, 0) is 87.4 Å². The number of hydrogen-bond donors (Lipinski definition) is 0. The van der Waals surface area contributed by atoms with E-state index in [-0.39, 0.29) is 5.92 Å². The van der Waals surface area contributed by atoms with E-state index in [0.717, 1.165) is 30.6 Å². The van der Waals surface area contributed by atoms with Crippen LogP contribution in [0.25, 0.3) is 0 Å². The minimum atomic E-state index is -5.15. The Balaban J connectivity index is 1.24. The van der Waals surface area contributed by atoms with Crippen molar-refractivity contribution in [1.82, 2.24) is 0 Å². The van der Waals surface area contributed by atoms with Crippen LogP contribution in [0.1, 0.15) is 102 Å². The lowest BCUT2D eigenvalue weighted by atomic mass is 9.60. The summed E-state index contributed by atoms with van der Waals surface area (Å²) in [5.41, 5.74) is -1.97. The molecule has 4 rings (SSSR count). The van der Waals surface area contributed by atoms with Crippen molar-refractivity contribution in [1.29, 1.82) is 0 Å². The molecule has 0 aliphatic heterocycles. The summed E-state index contributed by atoms with van der Waals surface area (Å²) in [7, 11) is 0. The molecular formula is C29H39F5O2. The summed E-state index contributed by atoms with van der Waals surface area (Å²) in [5.74, 6) is -1.12. The summed E-state index contributed by atoms with van der Waals surface area (Å²) in [6.45, 7) is 2.26. The van der Waals surface area contributed by atoms with Gasteiger partial charge in [-0.2, -0.15) is 13.2 Å². The molecule has 3 saturated carbocycles. The van der Waals surface area contributed by atoms with Gasteiger partial charge in [0, 0.05) is 12.1 Å². The Bertz CT molecular complexity index is 867. The molecule has 0 bridgehead atoms. The third-order valence-electron chi connectivity index (χ3n) is 9.27. The highest BCUT2D eigenvalue weighted by atomic mass is 19.4. The first-order valence-electron chi connectivity index (χ1n) is 13.9. The van der Waals surface area contributed by atoms with Crippen LogP contribution in [0.15, 0.2) is 12.1 Å². The SMILES string of the molecule is CCCCCC1CCC2CC(C3CCC(C(=O)Oc4cc(F)c(C(F)(F)F)c(F)c4)CC3)CCC2C1.